The van der Waals surface area contributed by atoms with Gasteiger partial charge < -0.3 is 20.7 Å². The van der Waals surface area contributed by atoms with Gasteiger partial charge in [0, 0.05) is 37.4 Å². The van der Waals surface area contributed by atoms with Gasteiger partial charge in [-0.25, -0.2) is 13.6 Å². The number of para-hydroxylation sites is 1. The van der Waals surface area contributed by atoms with Crippen molar-refractivity contribution in [2.45, 2.75) is 44.6 Å². The molecule has 0 radical (unpaired) electrons. The molecule has 1 unspecified atom stereocenters. The summed E-state index contributed by atoms with van der Waals surface area (Å²) in [6, 6.07) is 6.56. The molecule has 3 amide bonds. The number of nitrogens with two attached hydrogens (primary N) is 1. The summed E-state index contributed by atoms with van der Waals surface area (Å²) in [7, 11) is 0. The van der Waals surface area contributed by atoms with Crippen LogP contribution in [0.2, 0.25) is 0 Å². The van der Waals surface area contributed by atoms with E-state index < -0.39 is 43.2 Å². The molecule has 3 N–H and O–H groups in total. The van der Waals surface area contributed by atoms with Crippen LogP contribution < -0.4 is 15.8 Å². The van der Waals surface area contributed by atoms with Crippen molar-refractivity contribution in [1.29, 1.82) is 5.26 Å². The predicted octanol–water partition coefficient (Wildman–Crippen LogP) is 3.29. The molecule has 2 fully saturated rings. The van der Waals surface area contributed by atoms with E-state index in [1.165, 1.54) is 29.2 Å². The topological polar surface area (TPSA) is 108 Å². The third-order valence-electron chi connectivity index (χ3n) is 6.64. The standard InChI is InChI=1S/C22H26F4N4O3/c23-19(24)33-17-4-2-1-3-14(17)11-22(25,26)12-15(18(31)29-8-7-27)16-13-21(16)5-9-30(10-6-21)20(28)32/h1-4,15-16,19H,5-6,8-13H2,(H2,28,32)(H,29,31)/t15-,16?/m0/s1. The first-order valence-corrected chi connectivity index (χ1v) is 10.7. The zero-order chi connectivity index (χ0) is 24.2. The van der Waals surface area contributed by atoms with Gasteiger partial charge in [-0.2, -0.15) is 14.0 Å². The Bertz CT molecular complexity index is 913. The summed E-state index contributed by atoms with van der Waals surface area (Å²) in [5.74, 6) is -5.73. The quantitative estimate of drug-likeness (QED) is 0.426. The molecule has 0 bridgehead atoms. The number of benzene rings is 1. The third kappa shape index (κ3) is 6.06. The van der Waals surface area contributed by atoms with Gasteiger partial charge in [0.2, 0.25) is 5.91 Å². The molecular weight excluding hydrogens is 444 g/mol. The van der Waals surface area contributed by atoms with Crippen LogP contribution in [0, 0.1) is 28.6 Å². The lowest BCUT2D eigenvalue weighted by Crippen LogP contribution is -2.43. The number of piperidine rings is 1. The molecule has 1 heterocycles. The number of nitrogens with zero attached hydrogens (tertiary/aromatic N) is 2. The van der Waals surface area contributed by atoms with Crippen LogP contribution in [-0.2, 0) is 11.2 Å². The average molecular weight is 470 g/mol. The highest BCUT2D eigenvalue weighted by Crippen LogP contribution is 2.63. The van der Waals surface area contributed by atoms with Crippen molar-refractivity contribution in [3.63, 3.8) is 0 Å². The number of urea groups is 1. The molecule has 1 aliphatic carbocycles. The summed E-state index contributed by atoms with van der Waals surface area (Å²) in [6.45, 7) is -2.66. The summed E-state index contributed by atoms with van der Waals surface area (Å²) in [5, 5.41) is 11.2. The van der Waals surface area contributed by atoms with Crippen molar-refractivity contribution < 1.29 is 31.9 Å². The predicted molar refractivity (Wildman–Crippen MR) is 109 cm³/mol. The van der Waals surface area contributed by atoms with E-state index in [4.69, 9.17) is 11.0 Å². The van der Waals surface area contributed by atoms with Gasteiger partial charge in [-0.3, -0.25) is 4.79 Å². The lowest BCUT2D eigenvalue weighted by Gasteiger charge is -2.33. The van der Waals surface area contributed by atoms with Crippen LogP contribution in [0.1, 0.15) is 31.2 Å². The Kier molecular flexibility index (Phi) is 7.34. The Morgan fingerprint density at radius 2 is 1.97 bits per heavy atom. The van der Waals surface area contributed by atoms with Crippen LogP contribution in [0.4, 0.5) is 22.4 Å². The first-order valence-electron chi connectivity index (χ1n) is 10.7. The fourth-order valence-electron chi connectivity index (χ4n) is 4.90. The zero-order valence-electron chi connectivity index (χ0n) is 17.9. The fourth-order valence-corrected chi connectivity index (χ4v) is 4.90. The average Bonchev–Trinajstić information content (AvgIpc) is 3.44. The second-order valence-electron chi connectivity index (χ2n) is 8.70. The minimum atomic E-state index is -3.38. The Balaban J connectivity index is 1.74. The van der Waals surface area contributed by atoms with Gasteiger partial charge in [-0.1, -0.05) is 18.2 Å². The SMILES string of the molecule is N#CCNC(=O)[C@@H](CC(F)(F)Cc1ccccc1OC(F)F)C1CC12CCN(C(N)=O)CC2. The van der Waals surface area contributed by atoms with Crippen molar-refractivity contribution in [3.05, 3.63) is 29.8 Å². The number of hydrogen-bond donors (Lipinski definition) is 2. The van der Waals surface area contributed by atoms with E-state index >= 15 is 8.78 Å². The molecule has 1 saturated carbocycles. The molecule has 3 rings (SSSR count). The van der Waals surface area contributed by atoms with Crippen LogP contribution >= 0.6 is 0 Å². The molecule has 2 atom stereocenters. The second kappa shape index (κ2) is 9.85. The number of amides is 3. The lowest BCUT2D eigenvalue weighted by atomic mass is 9.83. The van der Waals surface area contributed by atoms with E-state index in [2.05, 4.69) is 10.1 Å². The third-order valence-corrected chi connectivity index (χ3v) is 6.64. The molecule has 7 nitrogen and oxygen atoms in total. The normalized spacial score (nSPS) is 20.2. The molecule has 0 aromatic heterocycles. The zero-order valence-corrected chi connectivity index (χ0v) is 17.9. The largest absolute Gasteiger partial charge is 0.435 e. The maximum atomic E-state index is 15.1. The van der Waals surface area contributed by atoms with Crippen LogP contribution in [0.25, 0.3) is 0 Å². The molecule has 1 aliphatic heterocycles. The molecule has 33 heavy (non-hydrogen) atoms. The second-order valence-corrected chi connectivity index (χ2v) is 8.70. The van der Waals surface area contributed by atoms with Gasteiger partial charge in [0.15, 0.2) is 0 Å². The van der Waals surface area contributed by atoms with Gasteiger partial charge in [0.1, 0.15) is 12.3 Å². The Hall–Kier alpha value is -3.03. The van der Waals surface area contributed by atoms with Gasteiger partial charge >= 0.3 is 12.6 Å². The molecule has 1 aromatic rings. The van der Waals surface area contributed by atoms with E-state index in [0.717, 1.165) is 0 Å². The summed E-state index contributed by atoms with van der Waals surface area (Å²) in [6.07, 6.45) is 0.0102. The van der Waals surface area contributed by atoms with E-state index in [9.17, 15) is 18.4 Å². The monoisotopic (exact) mass is 470 g/mol. The van der Waals surface area contributed by atoms with Gasteiger partial charge in [0.25, 0.3) is 5.92 Å². The lowest BCUT2D eigenvalue weighted by molar-refractivity contribution is -0.130. The van der Waals surface area contributed by atoms with Crippen LogP contribution in [0.15, 0.2) is 24.3 Å². The number of ether oxygens (including phenoxy) is 1. The number of carbonyl (C=O) groups is 2. The van der Waals surface area contributed by atoms with Gasteiger partial charge in [-0.15, -0.1) is 0 Å². The van der Waals surface area contributed by atoms with Crippen molar-refractivity contribution in [3.8, 4) is 11.8 Å². The van der Waals surface area contributed by atoms with Crippen molar-refractivity contribution in [2.24, 2.45) is 23.0 Å². The molecule has 1 saturated heterocycles. The maximum absolute atomic E-state index is 15.1. The van der Waals surface area contributed by atoms with Crippen LogP contribution in [0.5, 0.6) is 5.75 Å². The number of halogens is 4. The highest BCUT2D eigenvalue weighted by atomic mass is 19.3. The Morgan fingerprint density at radius 3 is 2.58 bits per heavy atom. The van der Waals surface area contributed by atoms with Crippen LogP contribution in [-0.4, -0.2) is 49.0 Å². The molecule has 1 aromatic carbocycles. The number of primary amides is 1. The summed E-state index contributed by atoms with van der Waals surface area (Å²) >= 11 is 0. The first-order chi connectivity index (χ1) is 15.6. The highest BCUT2D eigenvalue weighted by molar-refractivity contribution is 5.80. The summed E-state index contributed by atoms with van der Waals surface area (Å²) < 4.78 is 59.9. The smallest absolute Gasteiger partial charge is 0.387 e. The maximum Gasteiger partial charge on any atom is 0.387 e. The molecular formula is C22H26F4N4O3. The highest BCUT2D eigenvalue weighted by Gasteiger charge is 2.60. The van der Waals surface area contributed by atoms with E-state index in [1.54, 1.807) is 6.07 Å². The number of likely N-dealkylation sites (tertiary alicyclic amines) is 1. The van der Waals surface area contributed by atoms with Gasteiger partial charge in [-0.05, 0) is 36.7 Å². The number of alkyl halides is 4. The number of hydrogen-bond acceptors (Lipinski definition) is 4. The van der Waals surface area contributed by atoms with Crippen molar-refractivity contribution in [1.82, 2.24) is 10.2 Å². The van der Waals surface area contributed by atoms with Crippen molar-refractivity contribution in [2.75, 3.05) is 19.6 Å². The Morgan fingerprint density at radius 1 is 1.30 bits per heavy atom. The molecule has 180 valence electrons. The molecule has 11 heteroatoms. The number of carbonyl (C=O) groups excluding carboxylic acids is 2. The van der Waals surface area contributed by atoms with Crippen LogP contribution in [0.3, 0.4) is 0 Å². The number of nitriles is 1. The number of nitrogens with one attached hydrogen (secondary N) is 1. The van der Waals surface area contributed by atoms with E-state index in [-0.39, 0.29) is 29.2 Å². The van der Waals surface area contributed by atoms with Gasteiger partial charge in [0.05, 0.1) is 6.07 Å². The van der Waals surface area contributed by atoms with E-state index in [0.29, 0.717) is 32.4 Å². The van der Waals surface area contributed by atoms with E-state index in [1.807, 2.05) is 0 Å². The Labute approximate surface area is 188 Å². The summed E-state index contributed by atoms with van der Waals surface area (Å²) in [4.78, 5) is 25.6. The first kappa shape index (κ1) is 24.6. The fraction of sp³-hybridized carbons (Fsp3) is 0.591. The minimum absolute atomic E-state index is 0.0840. The molecule has 1 spiro atoms. The molecule has 2 aliphatic rings. The minimum Gasteiger partial charge on any atom is -0.435 e. The van der Waals surface area contributed by atoms with Crippen molar-refractivity contribution >= 4 is 11.9 Å². The number of rotatable bonds is 9. The summed E-state index contributed by atoms with van der Waals surface area (Å²) in [5.41, 5.74) is 4.90.